The summed E-state index contributed by atoms with van der Waals surface area (Å²) < 4.78 is 6.54. The lowest BCUT2D eigenvalue weighted by Gasteiger charge is -2.30. The lowest BCUT2D eigenvalue weighted by molar-refractivity contribution is -0.111. The molecule has 1 aromatic heterocycles. The van der Waals surface area contributed by atoms with Crippen LogP contribution in [0.2, 0.25) is 0 Å². The molecule has 1 aliphatic rings. The zero-order valence-corrected chi connectivity index (χ0v) is 9.74. The standard InChI is InChI=1S/C10H15N3O5/c1-10(8(11)7(16)5(4-14)18-10)13-3-2-6(15)12-9(13)17/h2-3,5,7-8,14,16H,4,11H2,1H3,(H,12,15,17)/t5-,7-,8-,10-/m1/s1. The Morgan fingerprint density at radius 3 is 2.78 bits per heavy atom. The molecule has 1 aliphatic heterocycles. The van der Waals surface area contributed by atoms with E-state index in [1.54, 1.807) is 0 Å². The number of rotatable bonds is 2. The molecule has 1 saturated heterocycles. The van der Waals surface area contributed by atoms with Gasteiger partial charge in [0.15, 0.2) is 5.72 Å². The molecule has 0 bridgehead atoms. The number of aromatic amines is 1. The minimum atomic E-state index is -1.33. The molecule has 1 aromatic rings. The summed E-state index contributed by atoms with van der Waals surface area (Å²) in [6, 6.07) is 0.250. The molecule has 5 N–H and O–H groups in total. The summed E-state index contributed by atoms with van der Waals surface area (Å²) in [4.78, 5) is 24.8. The Labute approximate surface area is 102 Å². The van der Waals surface area contributed by atoms with Crippen LogP contribution in [-0.4, -0.2) is 44.6 Å². The summed E-state index contributed by atoms with van der Waals surface area (Å²) in [6.07, 6.45) is -0.726. The van der Waals surface area contributed by atoms with Crippen LogP contribution in [0.1, 0.15) is 6.92 Å². The second kappa shape index (κ2) is 4.32. The Hall–Kier alpha value is -1.48. The summed E-state index contributed by atoms with van der Waals surface area (Å²) in [5.41, 5.74) is 3.27. The molecule has 0 amide bonds. The van der Waals surface area contributed by atoms with Gasteiger partial charge in [-0.1, -0.05) is 0 Å². The Morgan fingerprint density at radius 2 is 2.28 bits per heavy atom. The first-order valence-corrected chi connectivity index (χ1v) is 5.45. The predicted octanol–water partition coefficient (Wildman–Crippen LogP) is -2.71. The monoisotopic (exact) mass is 257 g/mol. The van der Waals surface area contributed by atoms with Crippen LogP contribution in [0, 0.1) is 0 Å². The fraction of sp³-hybridized carbons (Fsp3) is 0.600. The van der Waals surface area contributed by atoms with Gasteiger partial charge in [0.1, 0.15) is 12.2 Å². The van der Waals surface area contributed by atoms with Crippen LogP contribution in [0.25, 0.3) is 0 Å². The van der Waals surface area contributed by atoms with Gasteiger partial charge in [0, 0.05) is 12.3 Å². The van der Waals surface area contributed by atoms with Gasteiger partial charge in [0.2, 0.25) is 0 Å². The Kier molecular flexibility index (Phi) is 3.11. The van der Waals surface area contributed by atoms with Gasteiger partial charge >= 0.3 is 5.69 Å². The Morgan fingerprint density at radius 1 is 1.61 bits per heavy atom. The van der Waals surface area contributed by atoms with E-state index in [0.29, 0.717) is 0 Å². The molecule has 0 radical (unpaired) electrons. The number of aromatic nitrogens is 2. The number of nitrogens with two attached hydrogens (primary N) is 1. The lowest BCUT2D eigenvalue weighted by Crippen LogP contribution is -2.53. The van der Waals surface area contributed by atoms with Gasteiger partial charge in [-0.05, 0) is 6.92 Å². The van der Waals surface area contributed by atoms with Crippen LogP contribution in [-0.2, 0) is 10.5 Å². The third kappa shape index (κ3) is 1.79. The molecule has 0 aromatic carbocycles. The molecule has 0 saturated carbocycles. The maximum atomic E-state index is 11.7. The fourth-order valence-corrected chi connectivity index (χ4v) is 2.13. The summed E-state index contributed by atoms with van der Waals surface area (Å²) in [5.74, 6) is 0. The van der Waals surface area contributed by atoms with Crippen LogP contribution < -0.4 is 17.0 Å². The summed E-state index contributed by atoms with van der Waals surface area (Å²) in [7, 11) is 0. The number of nitrogens with zero attached hydrogens (tertiary/aromatic N) is 1. The highest BCUT2D eigenvalue weighted by atomic mass is 16.6. The van der Waals surface area contributed by atoms with Gasteiger partial charge in [-0.3, -0.25) is 14.3 Å². The molecule has 100 valence electrons. The average Bonchev–Trinajstić information content (AvgIpc) is 2.54. The summed E-state index contributed by atoms with van der Waals surface area (Å²) in [5, 5.41) is 18.9. The smallest absolute Gasteiger partial charge is 0.330 e. The average molecular weight is 257 g/mol. The molecule has 0 spiro atoms. The molecule has 8 nitrogen and oxygen atoms in total. The summed E-state index contributed by atoms with van der Waals surface area (Å²) >= 11 is 0. The lowest BCUT2D eigenvalue weighted by atomic mass is 10.0. The van der Waals surface area contributed by atoms with Crippen molar-refractivity contribution in [3.8, 4) is 0 Å². The minimum absolute atomic E-state index is 0.414. The number of H-pyrrole nitrogens is 1. The SMILES string of the molecule is C[C@@]1(n2ccc(=O)[nH]c2=O)O[C@H](CO)[C@@H](O)[C@H]1N. The molecule has 1 fully saturated rings. The predicted molar refractivity (Wildman–Crippen MR) is 60.9 cm³/mol. The maximum absolute atomic E-state index is 11.7. The summed E-state index contributed by atoms with van der Waals surface area (Å²) in [6.45, 7) is 1.10. The van der Waals surface area contributed by atoms with Crippen LogP contribution in [0.3, 0.4) is 0 Å². The van der Waals surface area contributed by atoms with Gasteiger partial charge in [-0.25, -0.2) is 4.79 Å². The van der Waals surface area contributed by atoms with Crippen LogP contribution in [0.15, 0.2) is 21.9 Å². The van der Waals surface area contributed by atoms with E-state index in [2.05, 4.69) is 4.98 Å². The van der Waals surface area contributed by atoms with Gasteiger partial charge in [-0.2, -0.15) is 0 Å². The van der Waals surface area contributed by atoms with Gasteiger partial charge in [0.25, 0.3) is 5.56 Å². The topological polar surface area (TPSA) is 131 Å². The first-order valence-electron chi connectivity index (χ1n) is 5.45. The first-order chi connectivity index (χ1) is 8.40. The van der Waals surface area contributed by atoms with Crippen molar-refractivity contribution in [1.29, 1.82) is 0 Å². The number of aliphatic hydroxyl groups is 2. The van der Waals surface area contributed by atoms with E-state index in [-0.39, 0.29) is 0 Å². The minimum Gasteiger partial charge on any atom is -0.394 e. The van der Waals surface area contributed by atoms with Crippen molar-refractivity contribution in [1.82, 2.24) is 9.55 Å². The number of hydrogen-bond acceptors (Lipinski definition) is 6. The second-order valence-corrected chi connectivity index (χ2v) is 4.39. The van der Waals surface area contributed by atoms with E-state index < -0.39 is 41.8 Å². The highest BCUT2D eigenvalue weighted by Gasteiger charge is 2.51. The Balaban J connectivity index is 2.49. The zero-order chi connectivity index (χ0) is 13.5. The number of aliphatic hydroxyl groups excluding tert-OH is 2. The molecule has 8 heteroatoms. The highest BCUT2D eigenvalue weighted by molar-refractivity contribution is 5.01. The van der Waals surface area contributed by atoms with Crippen molar-refractivity contribution < 1.29 is 14.9 Å². The second-order valence-electron chi connectivity index (χ2n) is 4.39. The zero-order valence-electron chi connectivity index (χ0n) is 9.74. The molecule has 0 aliphatic carbocycles. The number of nitrogens with one attached hydrogen (secondary N) is 1. The van der Waals surface area contributed by atoms with E-state index in [0.717, 1.165) is 10.6 Å². The molecule has 4 atom stereocenters. The van der Waals surface area contributed by atoms with Crippen molar-refractivity contribution in [3.63, 3.8) is 0 Å². The first kappa shape index (κ1) is 13.0. The largest absolute Gasteiger partial charge is 0.394 e. The number of hydrogen-bond donors (Lipinski definition) is 4. The van der Waals surface area contributed by atoms with Gasteiger partial charge < -0.3 is 20.7 Å². The molecular weight excluding hydrogens is 242 g/mol. The van der Waals surface area contributed by atoms with Gasteiger partial charge in [0.05, 0.1) is 12.6 Å². The van der Waals surface area contributed by atoms with E-state index in [9.17, 15) is 14.7 Å². The highest BCUT2D eigenvalue weighted by Crippen LogP contribution is 2.32. The molecule has 18 heavy (non-hydrogen) atoms. The van der Waals surface area contributed by atoms with E-state index in [1.807, 2.05) is 0 Å². The molecule has 2 rings (SSSR count). The van der Waals surface area contributed by atoms with Crippen molar-refractivity contribution >= 4 is 0 Å². The van der Waals surface area contributed by atoms with E-state index in [1.165, 1.54) is 13.1 Å². The maximum Gasteiger partial charge on any atom is 0.330 e. The van der Waals surface area contributed by atoms with Crippen molar-refractivity contribution in [2.45, 2.75) is 30.9 Å². The van der Waals surface area contributed by atoms with Crippen molar-refractivity contribution in [2.75, 3.05) is 6.61 Å². The Bertz CT molecular complexity index is 553. The molecular formula is C10H15N3O5. The van der Waals surface area contributed by atoms with Crippen molar-refractivity contribution in [2.24, 2.45) is 5.73 Å². The quantitative estimate of drug-likeness (QED) is 0.455. The van der Waals surface area contributed by atoms with Gasteiger partial charge in [-0.15, -0.1) is 0 Å². The molecule has 2 heterocycles. The van der Waals surface area contributed by atoms with Crippen LogP contribution >= 0.6 is 0 Å². The third-order valence-corrected chi connectivity index (χ3v) is 3.24. The molecule has 0 unspecified atom stereocenters. The van der Waals surface area contributed by atoms with Crippen LogP contribution in [0.4, 0.5) is 0 Å². The fourth-order valence-electron chi connectivity index (χ4n) is 2.13. The van der Waals surface area contributed by atoms with E-state index >= 15 is 0 Å². The third-order valence-electron chi connectivity index (χ3n) is 3.24. The normalized spacial score (nSPS) is 35.9. The van der Waals surface area contributed by atoms with Crippen LogP contribution in [0.5, 0.6) is 0 Å². The van der Waals surface area contributed by atoms with Crippen molar-refractivity contribution in [3.05, 3.63) is 33.1 Å². The number of ether oxygens (including phenoxy) is 1. The van der Waals surface area contributed by atoms with E-state index in [4.69, 9.17) is 15.6 Å².